The van der Waals surface area contributed by atoms with Crippen molar-refractivity contribution in [3.05, 3.63) is 71.3 Å². The highest BCUT2D eigenvalue weighted by molar-refractivity contribution is 5.93. The second kappa shape index (κ2) is 7.95. The fourth-order valence-electron chi connectivity index (χ4n) is 1.77. The van der Waals surface area contributed by atoms with Crippen molar-refractivity contribution in [2.75, 3.05) is 13.2 Å². The molecule has 0 spiro atoms. The first kappa shape index (κ1) is 15.7. The number of hydrogen-bond donors (Lipinski definition) is 1. The molecule has 0 aliphatic heterocycles. The Balaban J connectivity index is 1.92. The summed E-state index contributed by atoms with van der Waals surface area (Å²) in [7, 11) is 0. The molecule has 2 aromatic carbocycles. The molecule has 0 bridgehead atoms. The van der Waals surface area contributed by atoms with Crippen molar-refractivity contribution in [2.45, 2.75) is 6.61 Å². The minimum absolute atomic E-state index is 0.0559. The molecule has 5 heteroatoms. The molecule has 0 saturated carbocycles. The summed E-state index contributed by atoms with van der Waals surface area (Å²) >= 11 is 0. The third kappa shape index (κ3) is 4.43. The molecule has 0 aliphatic carbocycles. The average molecular weight is 300 g/mol. The summed E-state index contributed by atoms with van der Waals surface area (Å²) in [6.45, 7) is -0.0880. The van der Waals surface area contributed by atoms with Crippen LogP contribution in [0.5, 0.6) is 0 Å². The van der Waals surface area contributed by atoms with Gasteiger partial charge in [0.2, 0.25) is 0 Å². The highest BCUT2D eigenvalue weighted by Crippen LogP contribution is 2.09. The van der Waals surface area contributed by atoms with Gasteiger partial charge in [-0.1, -0.05) is 30.3 Å². The molecule has 22 heavy (non-hydrogen) atoms. The van der Waals surface area contributed by atoms with Crippen LogP contribution in [0.4, 0.5) is 0 Å². The number of aliphatic hydroxyl groups is 1. The second-order valence-corrected chi connectivity index (χ2v) is 4.50. The van der Waals surface area contributed by atoms with Crippen LogP contribution in [0.15, 0.2) is 54.6 Å². The number of esters is 2. The number of ether oxygens (including phenoxy) is 2. The standard InChI is InChI=1S/C17H16O5/c18-10-11-21-16(19)14-6-8-15(9-7-14)17(20)22-12-13-4-2-1-3-5-13/h1-9,18H,10-12H2. The van der Waals surface area contributed by atoms with Gasteiger partial charge in [-0.15, -0.1) is 0 Å². The molecular formula is C17H16O5. The third-order valence-electron chi connectivity index (χ3n) is 2.89. The van der Waals surface area contributed by atoms with Crippen LogP contribution in [-0.2, 0) is 16.1 Å². The number of benzene rings is 2. The maximum atomic E-state index is 11.9. The first-order chi connectivity index (χ1) is 10.7. The summed E-state index contributed by atoms with van der Waals surface area (Å²) in [6.07, 6.45) is 0. The van der Waals surface area contributed by atoms with Gasteiger partial charge in [-0.05, 0) is 29.8 Å². The highest BCUT2D eigenvalue weighted by atomic mass is 16.5. The lowest BCUT2D eigenvalue weighted by molar-refractivity contribution is 0.0430. The Morgan fingerprint density at radius 2 is 1.36 bits per heavy atom. The van der Waals surface area contributed by atoms with E-state index in [0.29, 0.717) is 11.1 Å². The van der Waals surface area contributed by atoms with E-state index in [1.165, 1.54) is 24.3 Å². The maximum Gasteiger partial charge on any atom is 0.338 e. The van der Waals surface area contributed by atoms with Gasteiger partial charge in [0.1, 0.15) is 13.2 Å². The van der Waals surface area contributed by atoms with Gasteiger partial charge in [-0.25, -0.2) is 9.59 Å². The Morgan fingerprint density at radius 3 is 1.91 bits per heavy atom. The summed E-state index contributed by atoms with van der Waals surface area (Å²) < 4.78 is 9.97. The van der Waals surface area contributed by atoms with Gasteiger partial charge in [-0.2, -0.15) is 0 Å². The van der Waals surface area contributed by atoms with Crippen LogP contribution in [0, 0.1) is 0 Å². The fourth-order valence-corrected chi connectivity index (χ4v) is 1.77. The zero-order chi connectivity index (χ0) is 15.8. The van der Waals surface area contributed by atoms with E-state index in [2.05, 4.69) is 0 Å². The molecule has 0 amide bonds. The van der Waals surface area contributed by atoms with Crippen molar-refractivity contribution in [1.82, 2.24) is 0 Å². The maximum absolute atomic E-state index is 11.9. The molecule has 1 N–H and O–H groups in total. The minimum atomic E-state index is -0.543. The monoisotopic (exact) mass is 300 g/mol. The summed E-state index contributed by atoms with van der Waals surface area (Å²) in [5, 5.41) is 8.59. The van der Waals surface area contributed by atoms with Crippen molar-refractivity contribution in [3.8, 4) is 0 Å². The van der Waals surface area contributed by atoms with Gasteiger partial charge in [0.25, 0.3) is 0 Å². The number of aliphatic hydroxyl groups excluding tert-OH is 1. The quantitative estimate of drug-likeness (QED) is 0.828. The van der Waals surface area contributed by atoms with E-state index in [1.54, 1.807) is 0 Å². The first-order valence-corrected chi connectivity index (χ1v) is 6.80. The zero-order valence-electron chi connectivity index (χ0n) is 11.9. The second-order valence-electron chi connectivity index (χ2n) is 4.50. The van der Waals surface area contributed by atoms with Crippen LogP contribution >= 0.6 is 0 Å². The fraction of sp³-hybridized carbons (Fsp3) is 0.176. The Kier molecular flexibility index (Phi) is 5.68. The summed E-state index contributed by atoms with van der Waals surface area (Å²) in [5.41, 5.74) is 1.57. The van der Waals surface area contributed by atoms with Gasteiger partial charge in [0, 0.05) is 0 Å². The van der Waals surface area contributed by atoms with E-state index >= 15 is 0 Å². The molecule has 0 saturated heterocycles. The predicted molar refractivity (Wildman–Crippen MR) is 79.4 cm³/mol. The predicted octanol–water partition coefficient (Wildman–Crippen LogP) is 2.19. The van der Waals surface area contributed by atoms with Gasteiger partial charge >= 0.3 is 11.9 Å². The molecule has 5 nitrogen and oxygen atoms in total. The van der Waals surface area contributed by atoms with Crippen LogP contribution in [0.1, 0.15) is 26.3 Å². The van der Waals surface area contributed by atoms with Crippen LogP contribution in [-0.4, -0.2) is 30.3 Å². The molecule has 0 fully saturated rings. The Labute approximate surface area is 128 Å². The van der Waals surface area contributed by atoms with E-state index in [9.17, 15) is 9.59 Å². The molecule has 0 atom stereocenters. The van der Waals surface area contributed by atoms with Crippen LogP contribution < -0.4 is 0 Å². The van der Waals surface area contributed by atoms with E-state index in [1.807, 2.05) is 30.3 Å². The molecular weight excluding hydrogens is 284 g/mol. The summed E-state index contributed by atoms with van der Waals surface area (Å²) in [6, 6.07) is 15.3. The van der Waals surface area contributed by atoms with E-state index < -0.39 is 11.9 Å². The van der Waals surface area contributed by atoms with Crippen molar-refractivity contribution >= 4 is 11.9 Å². The molecule has 2 aromatic rings. The zero-order valence-corrected chi connectivity index (χ0v) is 11.9. The molecule has 0 heterocycles. The summed E-state index contributed by atoms with van der Waals surface area (Å²) in [4.78, 5) is 23.4. The number of carbonyl (C=O) groups is 2. The average Bonchev–Trinajstić information content (AvgIpc) is 2.58. The normalized spacial score (nSPS) is 10.0. The van der Waals surface area contributed by atoms with Crippen LogP contribution in [0.3, 0.4) is 0 Å². The molecule has 2 rings (SSSR count). The summed E-state index contributed by atoms with van der Waals surface area (Å²) in [5.74, 6) is -1.00. The van der Waals surface area contributed by atoms with E-state index in [4.69, 9.17) is 14.6 Å². The van der Waals surface area contributed by atoms with Gasteiger partial charge < -0.3 is 14.6 Å². The van der Waals surface area contributed by atoms with Crippen molar-refractivity contribution in [1.29, 1.82) is 0 Å². The lowest BCUT2D eigenvalue weighted by Crippen LogP contribution is -2.10. The van der Waals surface area contributed by atoms with Gasteiger partial charge in [-0.3, -0.25) is 0 Å². The Morgan fingerprint density at radius 1 is 0.818 bits per heavy atom. The Hall–Kier alpha value is -2.66. The third-order valence-corrected chi connectivity index (χ3v) is 2.89. The molecule has 0 aliphatic rings. The van der Waals surface area contributed by atoms with E-state index in [0.717, 1.165) is 5.56 Å². The van der Waals surface area contributed by atoms with Gasteiger partial charge in [0.05, 0.1) is 17.7 Å². The van der Waals surface area contributed by atoms with Crippen molar-refractivity contribution < 1.29 is 24.2 Å². The molecule has 114 valence electrons. The van der Waals surface area contributed by atoms with E-state index in [-0.39, 0.29) is 19.8 Å². The number of hydrogen-bond acceptors (Lipinski definition) is 5. The van der Waals surface area contributed by atoms with Crippen LogP contribution in [0.2, 0.25) is 0 Å². The molecule has 0 unspecified atom stereocenters. The topological polar surface area (TPSA) is 72.8 Å². The lowest BCUT2D eigenvalue weighted by Gasteiger charge is -2.06. The SMILES string of the molecule is O=C(OCCO)c1ccc(C(=O)OCc2ccccc2)cc1. The van der Waals surface area contributed by atoms with Crippen LogP contribution in [0.25, 0.3) is 0 Å². The van der Waals surface area contributed by atoms with Crippen molar-refractivity contribution in [3.63, 3.8) is 0 Å². The number of carbonyl (C=O) groups excluding carboxylic acids is 2. The Bertz CT molecular complexity index is 619. The largest absolute Gasteiger partial charge is 0.460 e. The van der Waals surface area contributed by atoms with Crippen molar-refractivity contribution in [2.24, 2.45) is 0 Å². The first-order valence-electron chi connectivity index (χ1n) is 6.80. The minimum Gasteiger partial charge on any atom is -0.460 e. The molecule has 0 aromatic heterocycles. The highest BCUT2D eigenvalue weighted by Gasteiger charge is 2.10. The molecule has 0 radical (unpaired) electrons. The lowest BCUT2D eigenvalue weighted by atomic mass is 10.1. The number of rotatable bonds is 6. The van der Waals surface area contributed by atoms with Gasteiger partial charge in [0.15, 0.2) is 0 Å². The smallest absolute Gasteiger partial charge is 0.338 e.